The smallest absolute Gasteiger partial charge is 0.306 e. The molecule has 6 nitrogen and oxygen atoms in total. The normalized spacial score (nSPS) is 12.6. The second kappa shape index (κ2) is 48.3. The Hall–Kier alpha value is -1.59. The fourth-order valence-corrected chi connectivity index (χ4v) is 8.61. The molecule has 0 spiro atoms. The molecule has 0 radical (unpaired) electrons. The number of hydrogen-bond acceptors (Lipinski definition) is 6. The summed E-state index contributed by atoms with van der Waals surface area (Å²) in [5.74, 6) is 1.65. The molecule has 63 heavy (non-hydrogen) atoms. The number of carbonyl (C=O) groups is 3. The highest BCUT2D eigenvalue weighted by Crippen LogP contribution is 2.18. The minimum atomic E-state index is -0.764. The lowest BCUT2D eigenvalue weighted by atomic mass is 10.00. The van der Waals surface area contributed by atoms with Crippen LogP contribution in [0.15, 0.2) is 0 Å². The van der Waals surface area contributed by atoms with Crippen LogP contribution in [0.4, 0.5) is 0 Å². The minimum Gasteiger partial charge on any atom is -0.462 e. The molecule has 0 aromatic carbocycles. The molecule has 0 N–H and O–H groups in total. The average Bonchev–Trinajstić information content (AvgIpc) is 3.25. The van der Waals surface area contributed by atoms with Crippen molar-refractivity contribution in [2.75, 3.05) is 13.2 Å². The lowest BCUT2D eigenvalue weighted by Crippen LogP contribution is -2.30. The summed E-state index contributed by atoms with van der Waals surface area (Å²) in [5.41, 5.74) is 0. The molecule has 0 bridgehead atoms. The van der Waals surface area contributed by atoms with E-state index in [4.69, 9.17) is 14.2 Å². The summed E-state index contributed by atoms with van der Waals surface area (Å²) in [6.07, 6.45) is 49.6. The lowest BCUT2D eigenvalue weighted by molar-refractivity contribution is -0.167. The molecular formula is C57H110O6. The van der Waals surface area contributed by atoms with Gasteiger partial charge in [0.05, 0.1) is 0 Å². The Labute approximate surface area is 393 Å². The Morgan fingerprint density at radius 2 is 0.556 bits per heavy atom. The molecule has 0 aromatic rings. The Bertz CT molecular complexity index is 978. The van der Waals surface area contributed by atoms with Crippen molar-refractivity contribution in [1.29, 1.82) is 0 Å². The molecular weight excluding hydrogens is 781 g/mol. The van der Waals surface area contributed by atoms with Crippen LogP contribution in [-0.4, -0.2) is 37.2 Å². The van der Waals surface area contributed by atoms with E-state index in [1.807, 2.05) is 0 Å². The van der Waals surface area contributed by atoms with E-state index in [2.05, 4.69) is 41.5 Å². The molecule has 0 aromatic heterocycles. The zero-order valence-electron chi connectivity index (χ0n) is 43.4. The van der Waals surface area contributed by atoms with Gasteiger partial charge in [0, 0.05) is 19.3 Å². The fraction of sp³-hybridized carbons (Fsp3) is 0.947. The van der Waals surface area contributed by atoms with Crippen molar-refractivity contribution in [1.82, 2.24) is 0 Å². The van der Waals surface area contributed by atoms with Crippen LogP contribution < -0.4 is 0 Å². The minimum absolute atomic E-state index is 0.0647. The van der Waals surface area contributed by atoms with Crippen molar-refractivity contribution in [2.24, 2.45) is 17.8 Å². The van der Waals surface area contributed by atoms with Crippen LogP contribution in [0, 0.1) is 17.8 Å². The van der Waals surface area contributed by atoms with E-state index in [1.54, 1.807) is 0 Å². The van der Waals surface area contributed by atoms with E-state index >= 15 is 0 Å². The van der Waals surface area contributed by atoms with Gasteiger partial charge >= 0.3 is 17.9 Å². The van der Waals surface area contributed by atoms with Crippen LogP contribution in [-0.2, 0) is 28.6 Å². The Morgan fingerprint density at radius 1 is 0.317 bits per heavy atom. The fourth-order valence-electron chi connectivity index (χ4n) is 8.61. The Balaban J connectivity index is 4.23. The van der Waals surface area contributed by atoms with Crippen LogP contribution in [0.2, 0.25) is 0 Å². The molecule has 0 saturated heterocycles. The zero-order valence-corrected chi connectivity index (χ0v) is 43.4. The van der Waals surface area contributed by atoms with Crippen LogP contribution in [0.1, 0.15) is 311 Å². The molecule has 0 rings (SSSR count). The van der Waals surface area contributed by atoms with Crippen LogP contribution in [0.3, 0.4) is 0 Å². The first kappa shape index (κ1) is 61.4. The summed E-state index contributed by atoms with van der Waals surface area (Å²) < 4.78 is 16.8. The number of hydrogen-bond donors (Lipinski definition) is 0. The molecule has 6 heteroatoms. The van der Waals surface area contributed by atoms with Gasteiger partial charge in [-0.15, -0.1) is 0 Å². The molecule has 0 saturated carbocycles. The van der Waals surface area contributed by atoms with E-state index in [0.29, 0.717) is 19.3 Å². The van der Waals surface area contributed by atoms with Gasteiger partial charge in [0.25, 0.3) is 0 Å². The topological polar surface area (TPSA) is 78.9 Å². The summed E-state index contributed by atoms with van der Waals surface area (Å²) in [5, 5.41) is 0. The second-order valence-electron chi connectivity index (χ2n) is 20.8. The lowest BCUT2D eigenvalue weighted by Gasteiger charge is -2.18. The first-order chi connectivity index (χ1) is 30.6. The number of unbranched alkanes of at least 4 members (excludes halogenated alkanes) is 32. The van der Waals surface area contributed by atoms with Crippen molar-refractivity contribution < 1.29 is 28.6 Å². The Kier molecular flexibility index (Phi) is 47.1. The van der Waals surface area contributed by atoms with E-state index in [0.717, 1.165) is 75.5 Å². The summed E-state index contributed by atoms with van der Waals surface area (Å²) in [4.78, 5) is 38.0. The van der Waals surface area contributed by atoms with E-state index < -0.39 is 6.10 Å². The quantitative estimate of drug-likeness (QED) is 0.0344. The van der Waals surface area contributed by atoms with Gasteiger partial charge in [-0.2, -0.15) is 0 Å². The van der Waals surface area contributed by atoms with Crippen molar-refractivity contribution in [3.8, 4) is 0 Å². The van der Waals surface area contributed by atoms with Gasteiger partial charge in [0.15, 0.2) is 6.10 Å². The van der Waals surface area contributed by atoms with Gasteiger partial charge in [-0.25, -0.2) is 0 Å². The summed E-state index contributed by atoms with van der Waals surface area (Å²) in [7, 11) is 0. The van der Waals surface area contributed by atoms with Crippen molar-refractivity contribution in [2.45, 2.75) is 317 Å². The van der Waals surface area contributed by atoms with Crippen LogP contribution in [0.25, 0.3) is 0 Å². The Morgan fingerprint density at radius 3 is 0.825 bits per heavy atom. The highest BCUT2D eigenvalue weighted by Gasteiger charge is 2.19. The molecule has 0 aliphatic heterocycles. The maximum Gasteiger partial charge on any atom is 0.306 e. The zero-order chi connectivity index (χ0) is 46.3. The number of ether oxygens (including phenoxy) is 3. The largest absolute Gasteiger partial charge is 0.462 e. The van der Waals surface area contributed by atoms with Gasteiger partial charge in [-0.3, -0.25) is 14.4 Å². The maximum atomic E-state index is 12.8. The van der Waals surface area contributed by atoms with E-state index in [9.17, 15) is 14.4 Å². The highest BCUT2D eigenvalue weighted by molar-refractivity contribution is 5.71. The maximum absolute atomic E-state index is 12.8. The SMILES string of the molecule is CCC(C)CCCCCCCCC(=O)O[C@H](COC(=O)CCCCCCCCCCCCCCCCCCC(C)C)COC(=O)CCCCCCCCCCCCCCCC(C)C. The third kappa shape index (κ3) is 49.7. The second-order valence-corrected chi connectivity index (χ2v) is 20.8. The molecule has 1 unspecified atom stereocenters. The molecule has 0 heterocycles. The monoisotopic (exact) mass is 891 g/mol. The number of rotatable bonds is 50. The van der Waals surface area contributed by atoms with Crippen molar-refractivity contribution >= 4 is 17.9 Å². The van der Waals surface area contributed by atoms with Crippen LogP contribution in [0.5, 0.6) is 0 Å². The predicted molar refractivity (Wildman–Crippen MR) is 270 cm³/mol. The molecule has 0 amide bonds. The summed E-state index contributed by atoms with van der Waals surface area (Å²) in [6.45, 7) is 13.7. The third-order valence-corrected chi connectivity index (χ3v) is 13.3. The van der Waals surface area contributed by atoms with Crippen molar-refractivity contribution in [3.05, 3.63) is 0 Å². The molecule has 0 fully saturated rings. The number of esters is 3. The predicted octanol–water partition coefficient (Wildman–Crippen LogP) is 18.3. The third-order valence-electron chi connectivity index (χ3n) is 13.3. The van der Waals surface area contributed by atoms with Gasteiger partial charge in [0.2, 0.25) is 0 Å². The first-order valence-corrected chi connectivity index (χ1v) is 28.1. The van der Waals surface area contributed by atoms with Gasteiger partial charge in [-0.05, 0) is 37.0 Å². The van der Waals surface area contributed by atoms with E-state index in [1.165, 1.54) is 193 Å². The standard InChI is InChI=1S/C57H110O6/c1-7-53(6)45-39-33-29-30-36-42-48-57(60)63-54(50-62-56(59)47-41-35-28-24-20-16-12-14-18-22-26-32-38-44-52(4)5)49-61-55(58)46-40-34-27-23-19-15-11-9-8-10-13-17-21-25-31-37-43-51(2)3/h51-54H,7-50H2,1-6H3/t53?,54-/m1/s1. The average molecular weight is 892 g/mol. The summed E-state index contributed by atoms with van der Waals surface area (Å²) in [6, 6.07) is 0. The number of carbonyl (C=O) groups excluding carboxylic acids is 3. The van der Waals surface area contributed by atoms with Gasteiger partial charge in [-0.1, -0.05) is 273 Å². The first-order valence-electron chi connectivity index (χ1n) is 28.1. The van der Waals surface area contributed by atoms with Gasteiger partial charge in [0.1, 0.15) is 13.2 Å². The van der Waals surface area contributed by atoms with Crippen molar-refractivity contribution in [3.63, 3.8) is 0 Å². The molecule has 0 aliphatic rings. The molecule has 0 aliphatic carbocycles. The summed E-state index contributed by atoms with van der Waals surface area (Å²) >= 11 is 0. The molecule has 374 valence electrons. The van der Waals surface area contributed by atoms with Crippen LogP contribution >= 0.6 is 0 Å². The highest BCUT2D eigenvalue weighted by atomic mass is 16.6. The van der Waals surface area contributed by atoms with Gasteiger partial charge < -0.3 is 14.2 Å². The van der Waals surface area contributed by atoms with E-state index in [-0.39, 0.29) is 31.1 Å². The molecule has 2 atom stereocenters.